The van der Waals surface area contributed by atoms with Gasteiger partial charge >= 0.3 is 0 Å². The summed E-state index contributed by atoms with van der Waals surface area (Å²) in [6, 6.07) is 7.54. The third-order valence-electron chi connectivity index (χ3n) is 4.36. The summed E-state index contributed by atoms with van der Waals surface area (Å²) < 4.78 is 11.0. The molecule has 6 heteroatoms. The first-order valence-corrected chi connectivity index (χ1v) is 8.30. The zero-order chi connectivity index (χ0) is 16.9. The van der Waals surface area contributed by atoms with Gasteiger partial charge in [-0.3, -0.25) is 4.79 Å². The Bertz CT molecular complexity index is 686. The number of ether oxygens (including phenoxy) is 1. The van der Waals surface area contributed by atoms with E-state index in [-0.39, 0.29) is 11.9 Å². The number of nitrogens with one attached hydrogen (secondary N) is 2. The normalized spacial score (nSPS) is 15.2. The van der Waals surface area contributed by atoms with Crippen molar-refractivity contribution in [3.05, 3.63) is 46.8 Å². The van der Waals surface area contributed by atoms with E-state index < -0.39 is 0 Å². The molecule has 0 saturated carbocycles. The van der Waals surface area contributed by atoms with Gasteiger partial charge < -0.3 is 19.9 Å². The van der Waals surface area contributed by atoms with Gasteiger partial charge in [-0.2, -0.15) is 0 Å². The van der Waals surface area contributed by atoms with Crippen LogP contribution in [0.1, 0.15) is 40.2 Å². The van der Waals surface area contributed by atoms with Crippen molar-refractivity contribution in [3.63, 3.8) is 0 Å². The summed E-state index contributed by atoms with van der Waals surface area (Å²) in [5, 5.41) is 10.3. The number of benzene rings is 1. The van der Waals surface area contributed by atoms with Gasteiger partial charge in [0.25, 0.3) is 5.91 Å². The van der Waals surface area contributed by atoms with Gasteiger partial charge in [-0.05, 0) is 51.9 Å². The molecule has 0 atom stereocenters. The summed E-state index contributed by atoms with van der Waals surface area (Å²) in [7, 11) is 0. The summed E-state index contributed by atoms with van der Waals surface area (Å²) in [6.07, 6.45) is 1.90. The van der Waals surface area contributed by atoms with Crippen LogP contribution >= 0.6 is 0 Å². The van der Waals surface area contributed by atoms with Crippen molar-refractivity contribution in [1.29, 1.82) is 0 Å². The molecule has 6 nitrogen and oxygen atoms in total. The van der Waals surface area contributed by atoms with Gasteiger partial charge in [0.1, 0.15) is 18.1 Å². The summed E-state index contributed by atoms with van der Waals surface area (Å²) in [6.45, 7) is 5.95. The van der Waals surface area contributed by atoms with Gasteiger partial charge in [0.2, 0.25) is 0 Å². The molecule has 3 rings (SSSR count). The summed E-state index contributed by atoms with van der Waals surface area (Å²) in [5.74, 6) is 1.23. The number of nitrogens with zero attached hydrogens (tertiary/aromatic N) is 1. The van der Waals surface area contributed by atoms with Gasteiger partial charge in [-0.15, -0.1) is 0 Å². The summed E-state index contributed by atoms with van der Waals surface area (Å²) >= 11 is 0. The van der Waals surface area contributed by atoms with Gasteiger partial charge in [0, 0.05) is 6.04 Å². The molecule has 1 saturated heterocycles. The van der Waals surface area contributed by atoms with E-state index in [0.29, 0.717) is 17.9 Å². The van der Waals surface area contributed by atoms with E-state index in [1.807, 2.05) is 32.0 Å². The minimum absolute atomic E-state index is 0.0868. The zero-order valence-corrected chi connectivity index (χ0v) is 14.1. The molecule has 0 radical (unpaired) electrons. The fourth-order valence-corrected chi connectivity index (χ4v) is 2.87. The van der Waals surface area contributed by atoms with Crippen molar-refractivity contribution in [2.75, 3.05) is 13.1 Å². The Kier molecular flexibility index (Phi) is 5.15. The largest absolute Gasteiger partial charge is 0.488 e. The van der Waals surface area contributed by atoms with E-state index in [1.165, 1.54) is 0 Å². The number of para-hydroxylation sites is 1. The quantitative estimate of drug-likeness (QED) is 0.880. The van der Waals surface area contributed by atoms with Crippen LogP contribution in [0, 0.1) is 13.8 Å². The minimum Gasteiger partial charge on any atom is -0.488 e. The second kappa shape index (κ2) is 7.49. The van der Waals surface area contributed by atoms with E-state index in [4.69, 9.17) is 9.26 Å². The fraction of sp³-hybridized carbons (Fsp3) is 0.444. The van der Waals surface area contributed by atoms with E-state index in [9.17, 15) is 4.79 Å². The monoisotopic (exact) mass is 329 g/mol. The molecule has 2 aromatic rings. The Morgan fingerprint density at radius 2 is 2.08 bits per heavy atom. The maximum atomic E-state index is 12.6. The summed E-state index contributed by atoms with van der Waals surface area (Å²) in [4.78, 5) is 12.6. The highest BCUT2D eigenvalue weighted by Crippen LogP contribution is 2.22. The van der Waals surface area contributed by atoms with Crippen LogP contribution < -0.4 is 15.4 Å². The number of carbonyl (C=O) groups is 1. The first-order valence-electron chi connectivity index (χ1n) is 8.30. The van der Waals surface area contributed by atoms with Crippen molar-refractivity contribution < 1.29 is 14.1 Å². The van der Waals surface area contributed by atoms with Crippen LogP contribution in [0.4, 0.5) is 0 Å². The van der Waals surface area contributed by atoms with E-state index in [1.54, 1.807) is 6.07 Å². The van der Waals surface area contributed by atoms with Crippen LogP contribution in [0.2, 0.25) is 0 Å². The zero-order valence-electron chi connectivity index (χ0n) is 14.1. The van der Waals surface area contributed by atoms with Crippen molar-refractivity contribution >= 4 is 5.91 Å². The standard InChI is InChI=1S/C18H23N3O3/c1-12-16(13(2)24-21-12)11-23-17-6-4-3-5-15(17)18(22)20-14-7-9-19-10-8-14/h3-6,14,19H,7-11H2,1-2H3,(H,20,22). The van der Waals surface area contributed by atoms with E-state index in [0.717, 1.165) is 42.9 Å². The molecule has 2 N–H and O–H groups in total. The average molecular weight is 329 g/mol. The number of piperidine rings is 1. The Balaban J connectivity index is 1.69. The fourth-order valence-electron chi connectivity index (χ4n) is 2.87. The molecule has 0 unspecified atom stereocenters. The van der Waals surface area contributed by atoms with Crippen LogP contribution in [0.3, 0.4) is 0 Å². The first-order chi connectivity index (χ1) is 11.6. The molecule has 0 bridgehead atoms. The Morgan fingerprint density at radius 3 is 2.79 bits per heavy atom. The Morgan fingerprint density at radius 1 is 1.33 bits per heavy atom. The number of aryl methyl sites for hydroxylation is 2. The van der Waals surface area contributed by atoms with Gasteiger partial charge in [-0.1, -0.05) is 17.3 Å². The summed E-state index contributed by atoms with van der Waals surface area (Å²) in [5.41, 5.74) is 2.29. The maximum Gasteiger partial charge on any atom is 0.255 e. The van der Waals surface area contributed by atoms with Crippen LogP contribution in [-0.2, 0) is 6.61 Å². The number of hydrogen-bond donors (Lipinski definition) is 2. The van der Waals surface area contributed by atoms with Crippen molar-refractivity contribution in [3.8, 4) is 5.75 Å². The molecular weight excluding hydrogens is 306 g/mol. The molecule has 1 aliphatic heterocycles. The molecule has 2 heterocycles. The highest BCUT2D eigenvalue weighted by molar-refractivity contribution is 5.97. The number of amides is 1. The lowest BCUT2D eigenvalue weighted by Gasteiger charge is -2.24. The number of rotatable bonds is 5. The molecule has 24 heavy (non-hydrogen) atoms. The van der Waals surface area contributed by atoms with Crippen LogP contribution in [0.25, 0.3) is 0 Å². The van der Waals surface area contributed by atoms with Gasteiger partial charge in [-0.25, -0.2) is 0 Å². The predicted octanol–water partition coefficient (Wildman–Crippen LogP) is 2.35. The number of carbonyl (C=O) groups excluding carboxylic acids is 1. The molecule has 1 aliphatic rings. The highest BCUT2D eigenvalue weighted by Gasteiger charge is 2.19. The lowest BCUT2D eigenvalue weighted by Crippen LogP contribution is -2.42. The Labute approximate surface area is 141 Å². The Hall–Kier alpha value is -2.34. The minimum atomic E-state index is -0.0868. The number of aromatic nitrogens is 1. The van der Waals surface area contributed by atoms with Crippen LogP contribution in [0.5, 0.6) is 5.75 Å². The van der Waals surface area contributed by atoms with Gasteiger partial charge in [0.05, 0.1) is 16.8 Å². The lowest BCUT2D eigenvalue weighted by molar-refractivity contribution is 0.0925. The molecule has 1 aromatic heterocycles. The third kappa shape index (κ3) is 3.76. The van der Waals surface area contributed by atoms with Gasteiger partial charge in [0.15, 0.2) is 0 Å². The smallest absolute Gasteiger partial charge is 0.255 e. The topological polar surface area (TPSA) is 76.4 Å². The first kappa shape index (κ1) is 16.5. The van der Waals surface area contributed by atoms with Crippen LogP contribution in [-0.4, -0.2) is 30.2 Å². The SMILES string of the molecule is Cc1noc(C)c1COc1ccccc1C(=O)NC1CCNCC1. The lowest BCUT2D eigenvalue weighted by atomic mass is 10.1. The second-order valence-corrected chi connectivity index (χ2v) is 6.09. The van der Waals surface area contributed by atoms with Crippen molar-refractivity contribution in [2.24, 2.45) is 0 Å². The molecule has 1 aromatic carbocycles. The molecule has 0 aliphatic carbocycles. The van der Waals surface area contributed by atoms with E-state index in [2.05, 4.69) is 15.8 Å². The van der Waals surface area contributed by atoms with E-state index >= 15 is 0 Å². The average Bonchev–Trinajstić information content (AvgIpc) is 2.92. The molecule has 0 spiro atoms. The molecule has 1 amide bonds. The second-order valence-electron chi connectivity index (χ2n) is 6.09. The predicted molar refractivity (Wildman–Crippen MR) is 90.1 cm³/mol. The van der Waals surface area contributed by atoms with Crippen molar-refractivity contribution in [2.45, 2.75) is 39.3 Å². The maximum absolute atomic E-state index is 12.6. The molecule has 1 fully saturated rings. The van der Waals surface area contributed by atoms with Crippen molar-refractivity contribution in [1.82, 2.24) is 15.8 Å². The number of hydrogen-bond acceptors (Lipinski definition) is 5. The molecular formula is C18H23N3O3. The van der Waals surface area contributed by atoms with Crippen LogP contribution in [0.15, 0.2) is 28.8 Å². The molecule has 128 valence electrons. The highest BCUT2D eigenvalue weighted by atomic mass is 16.5. The third-order valence-corrected chi connectivity index (χ3v) is 4.36.